The number of hydrogen-bond donors (Lipinski definition) is 2. The first kappa shape index (κ1) is 18.0. The fourth-order valence-electron chi connectivity index (χ4n) is 2.57. The maximum Gasteiger partial charge on any atom is 0.340 e. The van der Waals surface area contributed by atoms with Crippen molar-refractivity contribution in [3.8, 4) is 0 Å². The molecule has 1 atom stereocenters. The molecule has 0 saturated heterocycles. The maximum atomic E-state index is 12.0. The van der Waals surface area contributed by atoms with Gasteiger partial charge >= 0.3 is 5.97 Å². The SMILES string of the molecule is Cc1cc(C)c2nc(NC(=O)COC(=O)C(O)c3ccccc3)sc2c1. The second kappa shape index (κ2) is 7.63. The molecule has 0 bridgehead atoms. The van der Waals surface area contributed by atoms with E-state index in [1.807, 2.05) is 26.0 Å². The first-order valence-corrected chi connectivity index (χ1v) is 8.83. The van der Waals surface area contributed by atoms with Crippen LogP contribution in [0.4, 0.5) is 5.13 Å². The van der Waals surface area contributed by atoms with Crippen LogP contribution in [0.2, 0.25) is 0 Å². The summed E-state index contributed by atoms with van der Waals surface area (Å²) in [6.45, 7) is 3.48. The average molecular weight is 370 g/mol. The van der Waals surface area contributed by atoms with Crippen LogP contribution in [0.5, 0.6) is 0 Å². The van der Waals surface area contributed by atoms with Crippen molar-refractivity contribution in [3.63, 3.8) is 0 Å². The Morgan fingerprint density at radius 3 is 2.69 bits per heavy atom. The summed E-state index contributed by atoms with van der Waals surface area (Å²) in [6, 6.07) is 12.4. The van der Waals surface area contributed by atoms with Gasteiger partial charge in [-0.3, -0.25) is 10.1 Å². The zero-order valence-electron chi connectivity index (χ0n) is 14.4. The Morgan fingerprint density at radius 2 is 1.96 bits per heavy atom. The number of benzene rings is 2. The molecule has 0 aliphatic rings. The van der Waals surface area contributed by atoms with E-state index in [-0.39, 0.29) is 0 Å². The number of carbonyl (C=O) groups excluding carboxylic acids is 2. The minimum absolute atomic E-state index is 0.412. The number of thiazole rings is 1. The lowest BCUT2D eigenvalue weighted by atomic mass is 10.1. The lowest BCUT2D eigenvalue weighted by Gasteiger charge is -2.10. The molecule has 7 heteroatoms. The molecule has 0 aliphatic carbocycles. The number of nitrogens with one attached hydrogen (secondary N) is 1. The zero-order valence-corrected chi connectivity index (χ0v) is 15.2. The van der Waals surface area contributed by atoms with Crippen LogP contribution in [0.1, 0.15) is 22.8 Å². The number of ether oxygens (including phenoxy) is 1. The standard InChI is InChI=1S/C19H18N2O4S/c1-11-8-12(2)16-14(9-11)26-19(21-16)20-15(22)10-25-18(24)17(23)13-6-4-3-5-7-13/h3-9,17,23H,10H2,1-2H3,(H,20,21,22). The highest BCUT2D eigenvalue weighted by molar-refractivity contribution is 7.22. The molecule has 2 aromatic carbocycles. The van der Waals surface area contributed by atoms with Crippen LogP contribution in [-0.4, -0.2) is 28.6 Å². The fourth-order valence-corrected chi connectivity index (χ4v) is 3.62. The molecule has 1 amide bonds. The van der Waals surface area contributed by atoms with Crippen molar-refractivity contribution < 1.29 is 19.4 Å². The van der Waals surface area contributed by atoms with Gasteiger partial charge < -0.3 is 9.84 Å². The molecule has 6 nitrogen and oxygen atoms in total. The first-order chi connectivity index (χ1) is 12.4. The number of aliphatic hydroxyl groups excluding tert-OH is 1. The number of anilines is 1. The van der Waals surface area contributed by atoms with Crippen LogP contribution in [0.3, 0.4) is 0 Å². The van der Waals surface area contributed by atoms with E-state index in [0.717, 1.165) is 21.3 Å². The number of fused-ring (bicyclic) bond motifs is 1. The van der Waals surface area contributed by atoms with Gasteiger partial charge in [-0.25, -0.2) is 9.78 Å². The number of aromatic nitrogens is 1. The Balaban J connectivity index is 1.59. The Bertz CT molecular complexity index is 953. The van der Waals surface area contributed by atoms with Gasteiger partial charge in [0, 0.05) is 0 Å². The second-order valence-electron chi connectivity index (χ2n) is 5.92. The third kappa shape index (κ3) is 4.07. The van der Waals surface area contributed by atoms with Crippen LogP contribution in [0, 0.1) is 13.8 Å². The van der Waals surface area contributed by atoms with E-state index in [0.29, 0.717) is 10.7 Å². The first-order valence-electron chi connectivity index (χ1n) is 8.01. The number of aliphatic hydroxyl groups is 1. The van der Waals surface area contributed by atoms with E-state index in [1.54, 1.807) is 30.3 Å². The lowest BCUT2D eigenvalue weighted by Crippen LogP contribution is -2.23. The topological polar surface area (TPSA) is 88.5 Å². The van der Waals surface area contributed by atoms with Crippen LogP contribution in [0.15, 0.2) is 42.5 Å². The minimum Gasteiger partial charge on any atom is -0.453 e. The third-order valence-corrected chi connectivity index (χ3v) is 4.68. The molecule has 1 unspecified atom stereocenters. The zero-order chi connectivity index (χ0) is 18.7. The highest BCUT2D eigenvalue weighted by Crippen LogP contribution is 2.29. The van der Waals surface area contributed by atoms with Crippen molar-refractivity contribution >= 4 is 38.6 Å². The van der Waals surface area contributed by atoms with Gasteiger partial charge in [-0.2, -0.15) is 0 Å². The summed E-state index contributed by atoms with van der Waals surface area (Å²) in [7, 11) is 0. The monoisotopic (exact) mass is 370 g/mol. The second-order valence-corrected chi connectivity index (χ2v) is 6.95. The molecule has 134 valence electrons. The molecule has 3 rings (SSSR count). The molecule has 0 spiro atoms. The van der Waals surface area contributed by atoms with Gasteiger partial charge in [-0.15, -0.1) is 0 Å². The summed E-state index contributed by atoms with van der Waals surface area (Å²) in [6.07, 6.45) is -1.42. The molecule has 1 heterocycles. The molecule has 1 aromatic heterocycles. The number of carbonyl (C=O) groups is 2. The molecule has 0 saturated carbocycles. The molecule has 0 aliphatic heterocycles. The smallest absolute Gasteiger partial charge is 0.340 e. The van der Waals surface area contributed by atoms with Gasteiger partial charge in [0.2, 0.25) is 0 Å². The summed E-state index contributed by atoms with van der Waals surface area (Å²) >= 11 is 1.36. The average Bonchev–Trinajstić information content (AvgIpc) is 3.02. The normalized spacial score (nSPS) is 12.0. The van der Waals surface area contributed by atoms with Crippen molar-refractivity contribution in [1.82, 2.24) is 4.98 Å². The number of nitrogens with zero attached hydrogens (tertiary/aromatic N) is 1. The summed E-state index contributed by atoms with van der Waals surface area (Å²) < 4.78 is 5.87. The molecule has 2 N–H and O–H groups in total. The van der Waals surface area contributed by atoms with Crippen LogP contribution >= 0.6 is 11.3 Å². The molecular formula is C19H18N2O4S. The van der Waals surface area contributed by atoms with Crippen molar-refractivity contribution in [3.05, 3.63) is 59.2 Å². The highest BCUT2D eigenvalue weighted by atomic mass is 32.1. The van der Waals surface area contributed by atoms with E-state index in [1.165, 1.54) is 11.3 Å². The maximum absolute atomic E-state index is 12.0. The van der Waals surface area contributed by atoms with Crippen LogP contribution in [0.25, 0.3) is 10.2 Å². The summed E-state index contributed by atoms with van der Waals surface area (Å²) in [5.74, 6) is -1.38. The van der Waals surface area contributed by atoms with E-state index in [2.05, 4.69) is 10.3 Å². The number of aryl methyl sites for hydroxylation is 2. The summed E-state index contributed by atoms with van der Waals surface area (Å²) in [5, 5.41) is 13.0. The predicted molar refractivity (Wildman–Crippen MR) is 100 cm³/mol. The lowest BCUT2D eigenvalue weighted by molar-refractivity contribution is -0.156. The summed E-state index contributed by atoms with van der Waals surface area (Å²) in [4.78, 5) is 28.3. The largest absolute Gasteiger partial charge is 0.453 e. The van der Waals surface area contributed by atoms with Crippen molar-refractivity contribution in [1.29, 1.82) is 0 Å². The summed E-state index contributed by atoms with van der Waals surface area (Å²) in [5.41, 5.74) is 3.41. The fraction of sp³-hybridized carbons (Fsp3) is 0.211. The third-order valence-electron chi connectivity index (χ3n) is 3.76. The van der Waals surface area contributed by atoms with Crippen molar-refractivity contribution in [2.24, 2.45) is 0 Å². The van der Waals surface area contributed by atoms with Gasteiger partial charge in [0.05, 0.1) is 10.2 Å². The molecule has 3 aromatic rings. The van der Waals surface area contributed by atoms with E-state index in [9.17, 15) is 14.7 Å². The Hall–Kier alpha value is -2.77. The van der Waals surface area contributed by atoms with E-state index >= 15 is 0 Å². The Morgan fingerprint density at radius 1 is 1.23 bits per heavy atom. The quantitative estimate of drug-likeness (QED) is 0.674. The number of rotatable bonds is 5. The Kier molecular flexibility index (Phi) is 5.29. The van der Waals surface area contributed by atoms with Gasteiger partial charge in [-0.1, -0.05) is 47.7 Å². The molecule has 26 heavy (non-hydrogen) atoms. The Labute approximate surface area is 154 Å². The van der Waals surface area contributed by atoms with E-state index in [4.69, 9.17) is 4.74 Å². The van der Waals surface area contributed by atoms with Gasteiger partial charge in [0.25, 0.3) is 5.91 Å². The van der Waals surface area contributed by atoms with Gasteiger partial charge in [0.1, 0.15) is 0 Å². The van der Waals surface area contributed by atoms with Crippen LogP contribution in [-0.2, 0) is 14.3 Å². The van der Waals surface area contributed by atoms with Crippen molar-refractivity contribution in [2.45, 2.75) is 20.0 Å². The van der Waals surface area contributed by atoms with E-state index < -0.39 is 24.6 Å². The van der Waals surface area contributed by atoms with Crippen molar-refractivity contribution in [2.75, 3.05) is 11.9 Å². The van der Waals surface area contributed by atoms with Gasteiger partial charge in [-0.05, 0) is 36.6 Å². The number of hydrogen-bond acceptors (Lipinski definition) is 6. The van der Waals surface area contributed by atoms with Crippen LogP contribution < -0.4 is 5.32 Å². The predicted octanol–water partition coefficient (Wildman–Crippen LogP) is 3.13. The number of esters is 1. The number of amides is 1. The molecular weight excluding hydrogens is 352 g/mol. The highest BCUT2D eigenvalue weighted by Gasteiger charge is 2.20. The minimum atomic E-state index is -1.42. The molecule has 0 fully saturated rings. The van der Waals surface area contributed by atoms with Gasteiger partial charge in [0.15, 0.2) is 17.8 Å². The molecule has 0 radical (unpaired) electrons.